The number of nitrogens with one attached hydrogen (secondary N) is 1. The molecule has 21 heavy (non-hydrogen) atoms. The molecule has 0 bridgehead atoms. The summed E-state index contributed by atoms with van der Waals surface area (Å²) in [6.45, 7) is 8.06. The van der Waals surface area contributed by atoms with Gasteiger partial charge in [0.15, 0.2) is 5.17 Å². The standard InChI is InChI=1S/C16H26N2O2S/c1-4-11-7-10(2)13(8-11)17-15-18-14(19)16(3,21-15)12-5-6-20-9-12/h10-13H,4-9H2,1-3H3,(H,17,18,19). The fraction of sp³-hybridized carbons (Fsp3) is 0.875. The molecule has 3 aliphatic rings. The van der Waals surface area contributed by atoms with Crippen molar-refractivity contribution in [2.75, 3.05) is 13.2 Å². The highest BCUT2D eigenvalue weighted by molar-refractivity contribution is 8.16. The van der Waals surface area contributed by atoms with Gasteiger partial charge in [-0.15, -0.1) is 0 Å². The lowest BCUT2D eigenvalue weighted by atomic mass is 9.92. The van der Waals surface area contributed by atoms with E-state index in [-0.39, 0.29) is 5.91 Å². The van der Waals surface area contributed by atoms with E-state index in [1.807, 2.05) is 6.92 Å². The summed E-state index contributed by atoms with van der Waals surface area (Å²) >= 11 is 1.63. The van der Waals surface area contributed by atoms with Gasteiger partial charge >= 0.3 is 0 Å². The zero-order chi connectivity index (χ0) is 15.0. The maximum Gasteiger partial charge on any atom is 0.242 e. The molecule has 5 unspecified atom stereocenters. The first-order valence-corrected chi connectivity index (χ1v) is 9.00. The third kappa shape index (κ3) is 2.87. The summed E-state index contributed by atoms with van der Waals surface area (Å²) < 4.78 is 5.06. The van der Waals surface area contributed by atoms with E-state index >= 15 is 0 Å². The van der Waals surface area contributed by atoms with Gasteiger partial charge in [-0.3, -0.25) is 9.79 Å². The number of hydrogen-bond acceptors (Lipinski definition) is 4. The van der Waals surface area contributed by atoms with Gasteiger partial charge in [0.1, 0.15) is 4.75 Å². The van der Waals surface area contributed by atoms with Gasteiger partial charge in [-0.25, -0.2) is 0 Å². The Hall–Kier alpha value is -0.550. The number of thioether (sulfide) groups is 1. The minimum absolute atomic E-state index is 0.111. The lowest BCUT2D eigenvalue weighted by Crippen LogP contribution is -2.40. The van der Waals surface area contributed by atoms with Crippen molar-refractivity contribution in [2.45, 2.75) is 57.2 Å². The highest BCUT2D eigenvalue weighted by Crippen LogP contribution is 2.43. The minimum atomic E-state index is -0.401. The Bertz CT molecular complexity index is 448. The zero-order valence-corrected chi connectivity index (χ0v) is 14.0. The van der Waals surface area contributed by atoms with E-state index in [1.165, 1.54) is 19.3 Å². The minimum Gasteiger partial charge on any atom is -0.381 e. The van der Waals surface area contributed by atoms with Crippen LogP contribution in [0.1, 0.15) is 46.5 Å². The average molecular weight is 310 g/mol. The molecule has 2 saturated heterocycles. The zero-order valence-electron chi connectivity index (χ0n) is 13.2. The quantitative estimate of drug-likeness (QED) is 0.872. The fourth-order valence-corrected chi connectivity index (χ4v) is 5.04. The van der Waals surface area contributed by atoms with Gasteiger partial charge in [0.25, 0.3) is 0 Å². The van der Waals surface area contributed by atoms with Crippen LogP contribution >= 0.6 is 11.8 Å². The van der Waals surface area contributed by atoms with Gasteiger partial charge in [-0.05, 0) is 38.0 Å². The molecule has 5 atom stereocenters. The lowest BCUT2D eigenvalue weighted by Gasteiger charge is -2.24. The molecule has 0 aromatic heterocycles. The Labute approximate surface area is 131 Å². The molecule has 3 fully saturated rings. The number of ether oxygens (including phenoxy) is 1. The number of carbonyl (C=O) groups excluding carboxylic acids is 1. The van der Waals surface area contributed by atoms with E-state index in [1.54, 1.807) is 11.8 Å². The number of aliphatic imine (C=N–C) groups is 1. The van der Waals surface area contributed by atoms with Crippen molar-refractivity contribution < 1.29 is 9.53 Å². The maximum absolute atomic E-state index is 12.4. The van der Waals surface area contributed by atoms with Crippen LogP contribution in [0.5, 0.6) is 0 Å². The van der Waals surface area contributed by atoms with Crippen molar-refractivity contribution in [3.8, 4) is 0 Å². The molecule has 1 N–H and O–H groups in total. The van der Waals surface area contributed by atoms with Gasteiger partial charge in [-0.1, -0.05) is 32.0 Å². The van der Waals surface area contributed by atoms with Crippen LogP contribution in [0.3, 0.4) is 0 Å². The molecular weight excluding hydrogens is 284 g/mol. The molecule has 0 radical (unpaired) electrons. The summed E-state index contributed by atoms with van der Waals surface area (Å²) in [5.41, 5.74) is 0. The van der Waals surface area contributed by atoms with Crippen LogP contribution in [0.15, 0.2) is 4.99 Å². The van der Waals surface area contributed by atoms with E-state index < -0.39 is 4.75 Å². The highest BCUT2D eigenvalue weighted by Gasteiger charge is 2.50. The number of rotatable bonds is 3. The van der Waals surface area contributed by atoms with E-state index in [9.17, 15) is 4.79 Å². The summed E-state index contributed by atoms with van der Waals surface area (Å²) in [6.07, 6.45) is 4.65. The Morgan fingerprint density at radius 1 is 1.48 bits per heavy atom. The summed E-state index contributed by atoms with van der Waals surface area (Å²) in [7, 11) is 0. The van der Waals surface area contributed by atoms with Gasteiger partial charge in [-0.2, -0.15) is 0 Å². The maximum atomic E-state index is 12.4. The van der Waals surface area contributed by atoms with Gasteiger partial charge < -0.3 is 10.1 Å². The summed E-state index contributed by atoms with van der Waals surface area (Å²) in [4.78, 5) is 17.3. The Kier molecular flexibility index (Phi) is 4.33. The van der Waals surface area contributed by atoms with Gasteiger partial charge in [0.2, 0.25) is 5.91 Å². The number of nitrogens with zero attached hydrogens (tertiary/aromatic N) is 1. The second-order valence-electron chi connectivity index (χ2n) is 6.95. The van der Waals surface area contributed by atoms with Crippen molar-refractivity contribution in [3.63, 3.8) is 0 Å². The molecule has 3 rings (SSSR count). The second kappa shape index (κ2) is 5.92. The molecule has 2 heterocycles. The number of amidine groups is 1. The first-order valence-electron chi connectivity index (χ1n) is 8.19. The lowest BCUT2D eigenvalue weighted by molar-refractivity contribution is -0.122. The van der Waals surface area contributed by atoms with Crippen molar-refractivity contribution in [3.05, 3.63) is 0 Å². The van der Waals surface area contributed by atoms with Crippen LogP contribution in [-0.4, -0.2) is 35.1 Å². The molecular formula is C16H26N2O2S. The molecule has 4 nitrogen and oxygen atoms in total. The Balaban J connectivity index is 1.70. The van der Waals surface area contributed by atoms with Crippen LogP contribution < -0.4 is 5.32 Å². The monoisotopic (exact) mass is 310 g/mol. The average Bonchev–Trinajstić information content (AvgIpc) is 3.13. The summed E-state index contributed by atoms with van der Waals surface area (Å²) in [5, 5.41) is 3.86. The normalized spacial score (nSPS) is 45.5. The van der Waals surface area contributed by atoms with Crippen LogP contribution in [0.2, 0.25) is 0 Å². The van der Waals surface area contributed by atoms with E-state index in [2.05, 4.69) is 19.2 Å². The van der Waals surface area contributed by atoms with E-state index in [0.717, 1.165) is 24.1 Å². The molecule has 1 saturated carbocycles. The van der Waals surface area contributed by atoms with Crippen molar-refractivity contribution in [1.29, 1.82) is 0 Å². The van der Waals surface area contributed by atoms with Crippen molar-refractivity contribution in [2.24, 2.45) is 22.7 Å². The number of amides is 1. The third-order valence-corrected chi connectivity index (χ3v) is 6.83. The van der Waals surface area contributed by atoms with Crippen LogP contribution in [-0.2, 0) is 9.53 Å². The Morgan fingerprint density at radius 2 is 2.29 bits per heavy atom. The molecule has 5 heteroatoms. The molecule has 2 aliphatic heterocycles. The first-order chi connectivity index (χ1) is 10.0. The summed E-state index contributed by atoms with van der Waals surface area (Å²) in [5.74, 6) is 1.84. The predicted molar refractivity (Wildman–Crippen MR) is 86.5 cm³/mol. The number of hydrogen-bond donors (Lipinski definition) is 1. The molecule has 0 aromatic rings. The van der Waals surface area contributed by atoms with Crippen LogP contribution in [0, 0.1) is 17.8 Å². The summed E-state index contributed by atoms with van der Waals surface area (Å²) in [6, 6.07) is 0.375. The topological polar surface area (TPSA) is 50.7 Å². The number of carbonyl (C=O) groups is 1. The van der Waals surface area contributed by atoms with E-state index in [4.69, 9.17) is 9.73 Å². The Morgan fingerprint density at radius 3 is 2.90 bits per heavy atom. The molecule has 0 spiro atoms. The fourth-order valence-electron chi connectivity index (χ4n) is 3.81. The first kappa shape index (κ1) is 15.3. The smallest absolute Gasteiger partial charge is 0.242 e. The highest BCUT2D eigenvalue weighted by atomic mass is 32.2. The molecule has 1 amide bonds. The van der Waals surface area contributed by atoms with Gasteiger partial charge in [0.05, 0.1) is 12.6 Å². The second-order valence-corrected chi connectivity index (χ2v) is 8.39. The van der Waals surface area contributed by atoms with Crippen molar-refractivity contribution >= 4 is 22.8 Å². The van der Waals surface area contributed by atoms with Crippen LogP contribution in [0.4, 0.5) is 0 Å². The predicted octanol–water partition coefficient (Wildman–Crippen LogP) is 2.83. The molecule has 0 aromatic carbocycles. The molecule has 118 valence electrons. The van der Waals surface area contributed by atoms with E-state index in [0.29, 0.717) is 24.5 Å². The largest absolute Gasteiger partial charge is 0.381 e. The molecule has 1 aliphatic carbocycles. The van der Waals surface area contributed by atoms with Crippen LogP contribution in [0.25, 0.3) is 0 Å². The third-order valence-electron chi connectivity index (χ3n) is 5.49. The van der Waals surface area contributed by atoms with Gasteiger partial charge in [0, 0.05) is 12.5 Å². The van der Waals surface area contributed by atoms with Crippen molar-refractivity contribution in [1.82, 2.24) is 5.32 Å². The SMILES string of the molecule is CCC1CC(C)C(N=C2NC(=O)C(C)(C3CCOC3)S2)C1.